The van der Waals surface area contributed by atoms with Crippen LogP contribution in [0.15, 0.2) is 18.2 Å². The Morgan fingerprint density at radius 3 is 2.00 bits per heavy atom. The predicted molar refractivity (Wildman–Crippen MR) is 39.2 cm³/mol. The van der Waals surface area contributed by atoms with Crippen LogP contribution in [-0.2, 0) is 0 Å². The average Bonchev–Trinajstić information content (AvgIpc) is 2.02. The molecule has 0 aliphatic rings. The van der Waals surface area contributed by atoms with Gasteiger partial charge in [-0.15, -0.1) is 0 Å². The molecule has 0 atom stereocenters. The SMILES string of the molecule is O=[N+]([O-])c1cccc([O-])c1[N+](=O)[O-].[Li+]. The molecule has 7 nitrogen and oxygen atoms in total. The molecule has 0 aliphatic carbocycles. The van der Waals surface area contributed by atoms with Gasteiger partial charge in [-0.05, 0) is 5.75 Å². The van der Waals surface area contributed by atoms with E-state index in [9.17, 15) is 25.3 Å². The first-order valence-electron chi connectivity index (χ1n) is 3.13. The topological polar surface area (TPSA) is 109 Å². The summed E-state index contributed by atoms with van der Waals surface area (Å²) in [4.78, 5) is 18.5. The molecule has 0 aliphatic heterocycles. The van der Waals surface area contributed by atoms with Crippen molar-refractivity contribution in [1.29, 1.82) is 0 Å². The molecule has 0 aromatic heterocycles. The van der Waals surface area contributed by atoms with E-state index in [1.807, 2.05) is 0 Å². The van der Waals surface area contributed by atoms with E-state index in [-0.39, 0.29) is 18.9 Å². The van der Waals surface area contributed by atoms with Gasteiger partial charge in [0.25, 0.3) is 0 Å². The summed E-state index contributed by atoms with van der Waals surface area (Å²) in [6.45, 7) is 0. The zero-order chi connectivity index (χ0) is 10.0. The molecule has 0 spiro atoms. The Balaban J connectivity index is 0.00000169. The Bertz CT molecular complexity index is 380. The molecule has 8 heteroatoms. The molecule has 1 aromatic rings. The van der Waals surface area contributed by atoms with Crippen molar-refractivity contribution < 1.29 is 33.8 Å². The van der Waals surface area contributed by atoms with Gasteiger partial charge >= 0.3 is 30.2 Å². The molecule has 0 saturated heterocycles. The van der Waals surface area contributed by atoms with Gasteiger partial charge in [0.05, 0.1) is 9.85 Å². The van der Waals surface area contributed by atoms with Gasteiger partial charge < -0.3 is 5.11 Å². The predicted octanol–water partition coefficient (Wildman–Crippen LogP) is -2.42. The zero-order valence-corrected chi connectivity index (χ0v) is 7.17. The number of nitro benzene ring substituents is 2. The van der Waals surface area contributed by atoms with Gasteiger partial charge in [0, 0.05) is 6.07 Å². The van der Waals surface area contributed by atoms with Gasteiger partial charge in [0.2, 0.25) is 0 Å². The Kier molecular flexibility index (Phi) is 4.08. The van der Waals surface area contributed by atoms with Gasteiger partial charge in [-0.2, -0.15) is 0 Å². The van der Waals surface area contributed by atoms with E-state index < -0.39 is 27.0 Å². The Hall–Kier alpha value is -1.58. The Morgan fingerprint density at radius 2 is 1.64 bits per heavy atom. The first-order chi connectivity index (χ1) is 6.04. The van der Waals surface area contributed by atoms with Crippen LogP contribution in [0, 0.1) is 20.2 Å². The summed E-state index contributed by atoms with van der Waals surface area (Å²) >= 11 is 0. The minimum Gasteiger partial charge on any atom is -0.868 e. The van der Waals surface area contributed by atoms with E-state index in [1.165, 1.54) is 0 Å². The number of rotatable bonds is 2. The van der Waals surface area contributed by atoms with Crippen LogP contribution in [0.25, 0.3) is 0 Å². The second-order valence-corrected chi connectivity index (χ2v) is 2.14. The standard InChI is InChI=1S/C6H4N2O5.Li/c9-5-3-1-2-4(7(10)11)6(5)8(12)13;/h1-3,9H;/q;+1/p-1. The van der Waals surface area contributed by atoms with E-state index in [4.69, 9.17) is 0 Å². The summed E-state index contributed by atoms with van der Waals surface area (Å²) in [6.07, 6.45) is 0. The number of nitrogens with zero attached hydrogens (tertiary/aromatic N) is 2. The fourth-order valence-corrected chi connectivity index (χ4v) is 0.842. The molecule has 0 radical (unpaired) electrons. The minimum absolute atomic E-state index is 0. The normalized spacial score (nSPS) is 8.86. The molecule has 0 saturated carbocycles. The van der Waals surface area contributed by atoms with Crippen LogP contribution in [0.5, 0.6) is 5.75 Å². The summed E-state index contributed by atoms with van der Waals surface area (Å²) in [5, 5.41) is 31.3. The Labute approximate surface area is 89.8 Å². The van der Waals surface area contributed by atoms with E-state index in [0.717, 1.165) is 18.2 Å². The van der Waals surface area contributed by atoms with Gasteiger partial charge in [-0.1, -0.05) is 12.1 Å². The van der Waals surface area contributed by atoms with E-state index in [2.05, 4.69) is 0 Å². The molecule has 1 aromatic carbocycles. The maximum atomic E-state index is 10.8. The first kappa shape index (κ1) is 12.4. The van der Waals surface area contributed by atoms with Crippen molar-refractivity contribution in [3.63, 3.8) is 0 Å². The van der Waals surface area contributed by atoms with E-state index in [1.54, 1.807) is 0 Å². The second-order valence-electron chi connectivity index (χ2n) is 2.14. The quantitative estimate of drug-likeness (QED) is 0.293. The molecule has 1 rings (SSSR count). The summed E-state index contributed by atoms with van der Waals surface area (Å²) < 4.78 is 0. The fraction of sp³-hybridized carbons (Fsp3) is 0. The number of benzene rings is 1. The smallest absolute Gasteiger partial charge is 0.868 e. The Morgan fingerprint density at radius 1 is 1.07 bits per heavy atom. The number of para-hydroxylation sites is 1. The summed E-state index contributed by atoms with van der Waals surface area (Å²) in [7, 11) is 0. The summed E-state index contributed by atoms with van der Waals surface area (Å²) in [5.74, 6) is -0.959. The number of hydrogen-bond acceptors (Lipinski definition) is 5. The van der Waals surface area contributed by atoms with Crippen molar-refractivity contribution in [2.45, 2.75) is 0 Å². The number of nitro groups is 2. The zero-order valence-electron chi connectivity index (χ0n) is 7.17. The molecular weight excluding hydrogens is 187 g/mol. The molecular formula is C6H3LiN2O5. The third kappa shape index (κ3) is 2.22. The molecule has 0 amide bonds. The maximum absolute atomic E-state index is 10.8. The second kappa shape index (κ2) is 4.60. The molecule has 0 bridgehead atoms. The third-order valence-corrected chi connectivity index (χ3v) is 1.36. The van der Waals surface area contributed by atoms with Crippen molar-refractivity contribution in [2.24, 2.45) is 0 Å². The minimum atomic E-state index is -1.06. The van der Waals surface area contributed by atoms with Crippen LogP contribution in [0.2, 0.25) is 0 Å². The van der Waals surface area contributed by atoms with Crippen LogP contribution in [0.1, 0.15) is 0 Å². The molecule has 68 valence electrons. The van der Waals surface area contributed by atoms with Gasteiger partial charge in [0.1, 0.15) is 0 Å². The molecule has 0 fully saturated rings. The van der Waals surface area contributed by atoms with Gasteiger partial charge in [-0.3, -0.25) is 20.2 Å². The fourth-order valence-electron chi connectivity index (χ4n) is 0.842. The van der Waals surface area contributed by atoms with Crippen LogP contribution in [0.4, 0.5) is 11.4 Å². The van der Waals surface area contributed by atoms with Crippen LogP contribution < -0.4 is 24.0 Å². The van der Waals surface area contributed by atoms with Gasteiger partial charge in [-0.25, -0.2) is 0 Å². The maximum Gasteiger partial charge on any atom is 1.00 e. The van der Waals surface area contributed by atoms with Crippen LogP contribution in [0.3, 0.4) is 0 Å². The van der Waals surface area contributed by atoms with Crippen molar-refractivity contribution in [3.05, 3.63) is 38.4 Å². The van der Waals surface area contributed by atoms with Crippen molar-refractivity contribution >= 4 is 11.4 Å². The first-order valence-corrected chi connectivity index (χ1v) is 3.13. The number of hydrogen-bond donors (Lipinski definition) is 0. The largest absolute Gasteiger partial charge is 1.00 e. The molecule has 0 N–H and O–H groups in total. The summed E-state index contributed by atoms with van der Waals surface area (Å²) in [5.41, 5.74) is -1.77. The van der Waals surface area contributed by atoms with Crippen molar-refractivity contribution in [3.8, 4) is 5.75 Å². The van der Waals surface area contributed by atoms with Crippen LogP contribution in [-0.4, -0.2) is 9.85 Å². The van der Waals surface area contributed by atoms with Gasteiger partial charge in [0.15, 0.2) is 0 Å². The molecule has 14 heavy (non-hydrogen) atoms. The monoisotopic (exact) mass is 190 g/mol. The van der Waals surface area contributed by atoms with E-state index in [0.29, 0.717) is 0 Å². The average molecular weight is 190 g/mol. The third-order valence-electron chi connectivity index (χ3n) is 1.36. The van der Waals surface area contributed by atoms with Crippen molar-refractivity contribution in [1.82, 2.24) is 0 Å². The van der Waals surface area contributed by atoms with E-state index >= 15 is 0 Å². The molecule has 0 heterocycles. The van der Waals surface area contributed by atoms with Crippen molar-refractivity contribution in [2.75, 3.05) is 0 Å². The van der Waals surface area contributed by atoms with Crippen LogP contribution >= 0.6 is 0 Å². The molecule has 0 unspecified atom stereocenters. The summed E-state index contributed by atoms with van der Waals surface area (Å²) in [6, 6.07) is 2.93.